The second-order valence-corrected chi connectivity index (χ2v) is 5.68. The number of aryl methyl sites for hydroxylation is 1. The third-order valence-corrected chi connectivity index (χ3v) is 4.33. The minimum atomic E-state index is 0.0160. The van der Waals surface area contributed by atoms with Crippen molar-refractivity contribution in [2.75, 3.05) is 13.1 Å². The van der Waals surface area contributed by atoms with Crippen LogP contribution in [0.15, 0.2) is 48.5 Å². The Morgan fingerprint density at radius 1 is 1.18 bits per heavy atom. The van der Waals surface area contributed by atoms with Crippen LogP contribution in [0.3, 0.4) is 0 Å². The Kier molecular flexibility index (Phi) is 4.54. The van der Waals surface area contributed by atoms with E-state index in [1.165, 1.54) is 11.1 Å². The molecule has 1 atom stereocenters. The molecule has 3 rings (SSSR count). The molecule has 0 radical (unpaired) electrons. The zero-order valence-electron chi connectivity index (χ0n) is 12.9. The highest BCUT2D eigenvalue weighted by Gasteiger charge is 2.20. The standard InChI is InChI=1S/C19H22N2O/c1-2-14-7-3-6-10-17(14)19(22)21-13-18-16-9-5-4-8-15(16)11-12-20-18/h3-10,18,20H,2,11-13H2,1H3,(H,21,22). The average Bonchev–Trinajstić information content (AvgIpc) is 2.59. The summed E-state index contributed by atoms with van der Waals surface area (Å²) in [5.74, 6) is 0.0160. The van der Waals surface area contributed by atoms with E-state index in [1.54, 1.807) is 0 Å². The van der Waals surface area contributed by atoms with E-state index < -0.39 is 0 Å². The van der Waals surface area contributed by atoms with Crippen molar-refractivity contribution in [2.45, 2.75) is 25.8 Å². The first-order chi connectivity index (χ1) is 10.8. The molecule has 1 aliphatic rings. The molecule has 2 aromatic rings. The molecule has 0 saturated heterocycles. The van der Waals surface area contributed by atoms with Gasteiger partial charge in [0.05, 0.1) is 0 Å². The SMILES string of the molecule is CCc1ccccc1C(=O)NCC1NCCc2ccccc21. The van der Waals surface area contributed by atoms with Crippen molar-refractivity contribution in [3.05, 3.63) is 70.8 Å². The van der Waals surface area contributed by atoms with Gasteiger partial charge in [0, 0.05) is 18.2 Å². The van der Waals surface area contributed by atoms with Crippen LogP contribution in [0.5, 0.6) is 0 Å². The molecule has 1 unspecified atom stereocenters. The normalized spacial score (nSPS) is 16.9. The van der Waals surface area contributed by atoms with Crippen molar-refractivity contribution < 1.29 is 4.79 Å². The van der Waals surface area contributed by atoms with Crippen molar-refractivity contribution in [3.8, 4) is 0 Å². The summed E-state index contributed by atoms with van der Waals surface area (Å²) in [6.45, 7) is 3.65. The molecule has 2 N–H and O–H groups in total. The Hall–Kier alpha value is -2.13. The van der Waals surface area contributed by atoms with Gasteiger partial charge in [-0.15, -0.1) is 0 Å². The summed E-state index contributed by atoms with van der Waals surface area (Å²) >= 11 is 0. The maximum atomic E-state index is 12.4. The predicted molar refractivity (Wildman–Crippen MR) is 89.0 cm³/mol. The van der Waals surface area contributed by atoms with Gasteiger partial charge in [-0.1, -0.05) is 49.4 Å². The summed E-state index contributed by atoms with van der Waals surface area (Å²) < 4.78 is 0. The lowest BCUT2D eigenvalue weighted by Crippen LogP contribution is -2.39. The lowest BCUT2D eigenvalue weighted by molar-refractivity contribution is 0.0948. The third-order valence-electron chi connectivity index (χ3n) is 4.33. The van der Waals surface area contributed by atoms with Gasteiger partial charge in [0.1, 0.15) is 0 Å². The number of benzene rings is 2. The zero-order valence-corrected chi connectivity index (χ0v) is 12.9. The Balaban J connectivity index is 1.70. The fraction of sp³-hybridized carbons (Fsp3) is 0.316. The van der Waals surface area contributed by atoms with Gasteiger partial charge in [0.25, 0.3) is 5.91 Å². The summed E-state index contributed by atoms with van der Waals surface area (Å²) in [4.78, 5) is 12.4. The fourth-order valence-electron chi connectivity index (χ4n) is 3.12. The minimum Gasteiger partial charge on any atom is -0.350 e. The highest BCUT2D eigenvalue weighted by molar-refractivity contribution is 5.95. The van der Waals surface area contributed by atoms with Crippen molar-refractivity contribution in [2.24, 2.45) is 0 Å². The number of amides is 1. The van der Waals surface area contributed by atoms with Gasteiger partial charge in [0.2, 0.25) is 0 Å². The van der Waals surface area contributed by atoms with Crippen LogP contribution in [0.4, 0.5) is 0 Å². The molecule has 0 bridgehead atoms. The van der Waals surface area contributed by atoms with Gasteiger partial charge < -0.3 is 10.6 Å². The monoisotopic (exact) mass is 294 g/mol. The van der Waals surface area contributed by atoms with Gasteiger partial charge in [-0.2, -0.15) is 0 Å². The smallest absolute Gasteiger partial charge is 0.251 e. The van der Waals surface area contributed by atoms with Crippen molar-refractivity contribution in [1.82, 2.24) is 10.6 Å². The van der Waals surface area contributed by atoms with Gasteiger partial charge >= 0.3 is 0 Å². The largest absolute Gasteiger partial charge is 0.350 e. The first-order valence-electron chi connectivity index (χ1n) is 7.97. The molecule has 114 valence electrons. The molecule has 0 spiro atoms. The first kappa shape index (κ1) is 14.8. The highest BCUT2D eigenvalue weighted by Crippen LogP contribution is 2.22. The number of nitrogens with one attached hydrogen (secondary N) is 2. The van der Waals surface area contributed by atoms with Gasteiger partial charge in [-0.25, -0.2) is 0 Å². The summed E-state index contributed by atoms with van der Waals surface area (Å²) in [6, 6.07) is 16.5. The second-order valence-electron chi connectivity index (χ2n) is 5.68. The topological polar surface area (TPSA) is 41.1 Å². The van der Waals surface area contributed by atoms with Gasteiger partial charge in [-0.3, -0.25) is 4.79 Å². The summed E-state index contributed by atoms with van der Waals surface area (Å²) in [5, 5.41) is 6.58. The molecular formula is C19H22N2O. The van der Waals surface area contributed by atoms with Crippen LogP contribution in [0.25, 0.3) is 0 Å². The predicted octanol–water partition coefficient (Wildman–Crippen LogP) is 2.87. The Labute approximate surface area is 131 Å². The van der Waals surface area contributed by atoms with E-state index >= 15 is 0 Å². The van der Waals surface area contributed by atoms with Crippen molar-refractivity contribution in [1.29, 1.82) is 0 Å². The lowest BCUT2D eigenvalue weighted by Gasteiger charge is -2.27. The summed E-state index contributed by atoms with van der Waals surface area (Å²) in [6.07, 6.45) is 1.92. The van der Waals surface area contributed by atoms with E-state index in [-0.39, 0.29) is 11.9 Å². The van der Waals surface area contributed by atoms with Crippen LogP contribution >= 0.6 is 0 Å². The molecule has 0 fully saturated rings. The average molecular weight is 294 g/mol. The number of carbonyl (C=O) groups excluding carboxylic acids is 1. The summed E-state index contributed by atoms with van der Waals surface area (Å²) in [5.41, 5.74) is 4.57. The first-order valence-corrected chi connectivity index (χ1v) is 7.97. The summed E-state index contributed by atoms with van der Waals surface area (Å²) in [7, 11) is 0. The van der Waals surface area contributed by atoms with Crippen LogP contribution in [-0.4, -0.2) is 19.0 Å². The number of fused-ring (bicyclic) bond motifs is 1. The molecule has 1 aliphatic heterocycles. The van der Waals surface area contributed by atoms with Crippen LogP contribution in [0, 0.1) is 0 Å². The third kappa shape index (κ3) is 3.04. The molecule has 2 aromatic carbocycles. The van der Waals surface area contributed by atoms with E-state index in [1.807, 2.05) is 24.3 Å². The Morgan fingerprint density at radius 3 is 2.82 bits per heavy atom. The minimum absolute atomic E-state index is 0.0160. The van der Waals surface area contributed by atoms with Crippen LogP contribution in [0.1, 0.15) is 40.0 Å². The molecule has 3 nitrogen and oxygen atoms in total. The van der Waals surface area contributed by atoms with E-state index in [2.05, 4.69) is 41.8 Å². The molecule has 0 saturated carbocycles. The number of carbonyl (C=O) groups is 1. The molecule has 1 amide bonds. The molecule has 0 aliphatic carbocycles. The van der Waals surface area contributed by atoms with Crippen molar-refractivity contribution >= 4 is 5.91 Å². The van der Waals surface area contributed by atoms with E-state index in [0.29, 0.717) is 6.54 Å². The van der Waals surface area contributed by atoms with Crippen LogP contribution < -0.4 is 10.6 Å². The van der Waals surface area contributed by atoms with Gasteiger partial charge in [0.15, 0.2) is 0 Å². The number of hydrogen-bond acceptors (Lipinski definition) is 2. The molecule has 1 heterocycles. The maximum absolute atomic E-state index is 12.4. The molecule has 22 heavy (non-hydrogen) atoms. The van der Waals surface area contributed by atoms with Gasteiger partial charge in [-0.05, 0) is 42.1 Å². The maximum Gasteiger partial charge on any atom is 0.251 e. The molecule has 3 heteroatoms. The quantitative estimate of drug-likeness (QED) is 0.910. The van der Waals surface area contributed by atoms with E-state index in [0.717, 1.165) is 30.5 Å². The molecule has 0 aromatic heterocycles. The zero-order chi connectivity index (χ0) is 15.4. The van der Waals surface area contributed by atoms with Crippen LogP contribution in [-0.2, 0) is 12.8 Å². The second kappa shape index (κ2) is 6.75. The highest BCUT2D eigenvalue weighted by atomic mass is 16.1. The molecular weight excluding hydrogens is 272 g/mol. The fourth-order valence-corrected chi connectivity index (χ4v) is 3.12. The van der Waals surface area contributed by atoms with Crippen LogP contribution in [0.2, 0.25) is 0 Å². The van der Waals surface area contributed by atoms with E-state index in [9.17, 15) is 4.79 Å². The Bertz CT molecular complexity index is 666. The number of hydrogen-bond donors (Lipinski definition) is 2. The Morgan fingerprint density at radius 2 is 1.95 bits per heavy atom. The number of rotatable bonds is 4. The lowest BCUT2D eigenvalue weighted by atomic mass is 9.94. The van der Waals surface area contributed by atoms with E-state index in [4.69, 9.17) is 0 Å². The van der Waals surface area contributed by atoms with Crippen molar-refractivity contribution in [3.63, 3.8) is 0 Å².